The van der Waals surface area contributed by atoms with E-state index in [0.29, 0.717) is 31.8 Å². The van der Waals surface area contributed by atoms with Crippen LogP contribution in [0.5, 0.6) is 0 Å². The maximum Gasteiger partial charge on any atom is 0.305 e. The van der Waals surface area contributed by atoms with Gasteiger partial charge in [-0.3, -0.25) is 9.59 Å². The molecule has 0 aliphatic heterocycles. The molecule has 0 aromatic carbocycles. The molecule has 8 heteroatoms. The van der Waals surface area contributed by atoms with Crippen molar-refractivity contribution in [1.82, 2.24) is 10.2 Å². The van der Waals surface area contributed by atoms with E-state index in [-0.39, 0.29) is 12.4 Å². The van der Waals surface area contributed by atoms with Crippen LogP contribution in [0.3, 0.4) is 0 Å². The Bertz CT molecular complexity index is 1130. The summed E-state index contributed by atoms with van der Waals surface area (Å²) in [4.78, 5) is 37.2. The van der Waals surface area contributed by atoms with E-state index >= 15 is 0 Å². The van der Waals surface area contributed by atoms with Crippen LogP contribution in [-0.4, -0.2) is 73.8 Å². The molecule has 0 unspecified atom stereocenters. The minimum atomic E-state index is -0.696. The zero-order valence-corrected chi connectivity index (χ0v) is 47.7. The lowest BCUT2D eigenvalue weighted by Gasteiger charge is -2.22. The average molecular weight is 1000 g/mol. The number of carboxylic acids is 1. The second-order valence-corrected chi connectivity index (χ2v) is 21.7. The summed E-state index contributed by atoms with van der Waals surface area (Å²) in [6, 6.07) is 0. The molecule has 0 aliphatic rings. The number of carbonyl (C=O) groups excluding carboxylic acids is 2. The number of carbonyl (C=O) groups is 2. The van der Waals surface area contributed by atoms with Gasteiger partial charge in [0.15, 0.2) is 11.7 Å². The van der Waals surface area contributed by atoms with Gasteiger partial charge in [0.2, 0.25) is 0 Å². The normalized spacial score (nSPS) is 11.4. The molecule has 0 bridgehead atoms. The Morgan fingerprint density at radius 2 is 0.676 bits per heavy atom. The highest BCUT2D eigenvalue weighted by Crippen LogP contribution is 2.17. The number of allylic oxidation sites excluding steroid dienone is 1. The Balaban J connectivity index is 3.83. The van der Waals surface area contributed by atoms with E-state index in [0.717, 1.165) is 129 Å². The first-order chi connectivity index (χ1) is 35.0. The summed E-state index contributed by atoms with van der Waals surface area (Å²) in [5, 5.41) is 12.6. The molecule has 0 aromatic rings. The minimum Gasteiger partial charge on any atom is -0.487 e. The zero-order chi connectivity index (χ0) is 51.4. The molecular weight excluding hydrogens is 881 g/mol. The van der Waals surface area contributed by atoms with Gasteiger partial charge in [0.25, 0.3) is 0 Å². The zero-order valence-electron chi connectivity index (χ0n) is 47.7. The van der Waals surface area contributed by atoms with E-state index in [1.165, 1.54) is 205 Å². The standard InChI is InChI=1S/C63H122N2O6/c1-3-5-7-9-11-13-15-17-18-19-20-21-22-23-24-25-26-28-30-32-40-48-59-71-63(69)52-43-35-38-46-56-65(55-45-37-34-42-51-62(67)68)57-49-54-64-53-44-36-33-41-50-61(60-66)70-58-47-39-31-29-27-16-14-12-10-8-6-4-2/h64H,3-59H2,1-2H3,(H,67,68). The minimum absolute atomic E-state index is 0.0280. The molecule has 0 saturated heterocycles. The first kappa shape index (κ1) is 69.1. The molecule has 0 spiro atoms. The van der Waals surface area contributed by atoms with Crippen molar-refractivity contribution < 1.29 is 29.0 Å². The van der Waals surface area contributed by atoms with E-state index in [1.54, 1.807) is 0 Å². The first-order valence-corrected chi connectivity index (χ1v) is 31.7. The second kappa shape index (κ2) is 60.7. The van der Waals surface area contributed by atoms with Gasteiger partial charge in [-0.2, -0.15) is 0 Å². The average Bonchev–Trinajstić information content (AvgIpc) is 3.37. The number of nitrogens with one attached hydrogen (secondary N) is 1. The SMILES string of the molecule is CCCCCCCCCCCCCCCCCCCCCCCCOC(=O)CCCCCCN(CCCCCCC(=O)O)CCCNCCCCCCC(=C=O)OCCCCCCCCCCCCCC. The maximum atomic E-state index is 12.3. The van der Waals surface area contributed by atoms with Crippen molar-refractivity contribution >= 4 is 17.9 Å². The fourth-order valence-corrected chi connectivity index (χ4v) is 9.96. The molecule has 2 N–H and O–H groups in total. The molecule has 0 radical (unpaired) electrons. The molecule has 71 heavy (non-hydrogen) atoms. The Morgan fingerprint density at radius 3 is 1.08 bits per heavy atom. The smallest absolute Gasteiger partial charge is 0.305 e. The van der Waals surface area contributed by atoms with Crippen LogP contribution in [0.1, 0.15) is 335 Å². The van der Waals surface area contributed by atoms with Crippen molar-refractivity contribution in [3.8, 4) is 0 Å². The third-order valence-corrected chi connectivity index (χ3v) is 14.7. The molecule has 0 fully saturated rings. The van der Waals surface area contributed by atoms with E-state index in [9.17, 15) is 14.4 Å². The fourth-order valence-electron chi connectivity index (χ4n) is 9.96. The van der Waals surface area contributed by atoms with Gasteiger partial charge in [-0.15, -0.1) is 0 Å². The Hall–Kier alpha value is -1.89. The van der Waals surface area contributed by atoms with Crippen LogP contribution in [0.25, 0.3) is 0 Å². The number of nitrogens with zero attached hydrogens (tertiary/aromatic N) is 1. The van der Waals surface area contributed by atoms with Crippen LogP contribution in [0, 0.1) is 0 Å². The van der Waals surface area contributed by atoms with Crippen LogP contribution >= 0.6 is 0 Å². The van der Waals surface area contributed by atoms with E-state index in [2.05, 4.69) is 24.1 Å². The second-order valence-electron chi connectivity index (χ2n) is 21.7. The summed E-state index contributed by atoms with van der Waals surface area (Å²) in [6.45, 7) is 11.1. The lowest BCUT2D eigenvalue weighted by Crippen LogP contribution is -2.30. The molecule has 0 amide bonds. The summed E-state index contributed by atoms with van der Waals surface area (Å²) < 4.78 is 11.3. The summed E-state index contributed by atoms with van der Waals surface area (Å²) in [7, 11) is 0. The van der Waals surface area contributed by atoms with Crippen LogP contribution in [0.4, 0.5) is 0 Å². The van der Waals surface area contributed by atoms with E-state index in [1.807, 2.05) is 5.94 Å². The van der Waals surface area contributed by atoms with Crippen LogP contribution < -0.4 is 5.32 Å². The van der Waals surface area contributed by atoms with Crippen molar-refractivity contribution in [3.05, 3.63) is 5.76 Å². The molecule has 0 aromatic heterocycles. The lowest BCUT2D eigenvalue weighted by molar-refractivity contribution is -0.144. The summed E-state index contributed by atoms with van der Waals surface area (Å²) in [6.07, 6.45) is 61.5. The van der Waals surface area contributed by atoms with Gasteiger partial charge < -0.3 is 24.8 Å². The molecule has 0 rings (SSSR count). The van der Waals surface area contributed by atoms with Crippen molar-refractivity contribution in [2.24, 2.45) is 0 Å². The summed E-state index contributed by atoms with van der Waals surface area (Å²) in [5.41, 5.74) is 0. The fraction of sp³-hybridized carbons (Fsp3) is 0.937. The molecular formula is C63H122N2O6. The summed E-state index contributed by atoms with van der Waals surface area (Å²) >= 11 is 0. The lowest BCUT2D eigenvalue weighted by atomic mass is 10.0. The van der Waals surface area contributed by atoms with E-state index in [4.69, 9.17) is 14.6 Å². The molecule has 420 valence electrons. The molecule has 0 saturated carbocycles. The van der Waals surface area contributed by atoms with Crippen LogP contribution in [-0.2, 0) is 23.9 Å². The van der Waals surface area contributed by atoms with Crippen molar-refractivity contribution in [1.29, 1.82) is 0 Å². The van der Waals surface area contributed by atoms with Gasteiger partial charge >= 0.3 is 11.9 Å². The molecule has 0 heterocycles. The number of esters is 1. The number of aliphatic carboxylic acids is 1. The largest absolute Gasteiger partial charge is 0.487 e. The topological polar surface area (TPSA) is 105 Å². The molecule has 0 atom stereocenters. The first-order valence-electron chi connectivity index (χ1n) is 31.7. The van der Waals surface area contributed by atoms with Gasteiger partial charge in [0.1, 0.15) is 0 Å². The van der Waals surface area contributed by atoms with Crippen molar-refractivity contribution in [3.63, 3.8) is 0 Å². The predicted molar refractivity (Wildman–Crippen MR) is 305 cm³/mol. The third kappa shape index (κ3) is 58.9. The van der Waals surface area contributed by atoms with Crippen LogP contribution in [0.2, 0.25) is 0 Å². The maximum absolute atomic E-state index is 12.3. The van der Waals surface area contributed by atoms with Gasteiger partial charge in [-0.1, -0.05) is 258 Å². The number of hydrogen-bond donors (Lipinski definition) is 2. The van der Waals surface area contributed by atoms with Crippen molar-refractivity contribution in [2.75, 3.05) is 45.9 Å². The molecule has 0 aliphatic carbocycles. The predicted octanol–water partition coefficient (Wildman–Crippen LogP) is 18.8. The Labute approximate surface area is 441 Å². The Kier molecular flexibility index (Phi) is 59.0. The number of unbranched alkanes of at least 4 members (excludes halogenated alkanes) is 41. The monoisotopic (exact) mass is 1000 g/mol. The van der Waals surface area contributed by atoms with Gasteiger partial charge in [0, 0.05) is 19.3 Å². The highest BCUT2D eigenvalue weighted by molar-refractivity contribution is 5.69. The highest BCUT2D eigenvalue weighted by atomic mass is 16.5. The highest BCUT2D eigenvalue weighted by Gasteiger charge is 2.08. The van der Waals surface area contributed by atoms with Crippen LogP contribution in [0.15, 0.2) is 5.76 Å². The molecule has 8 nitrogen and oxygen atoms in total. The van der Waals surface area contributed by atoms with Gasteiger partial charge in [-0.05, 0) is 90.5 Å². The number of ether oxygens (including phenoxy) is 2. The number of hydrogen-bond acceptors (Lipinski definition) is 7. The quantitative estimate of drug-likeness (QED) is 0.0269. The van der Waals surface area contributed by atoms with Gasteiger partial charge in [-0.25, -0.2) is 4.79 Å². The van der Waals surface area contributed by atoms with Gasteiger partial charge in [0.05, 0.1) is 13.2 Å². The van der Waals surface area contributed by atoms with Crippen molar-refractivity contribution in [2.45, 2.75) is 335 Å². The van der Waals surface area contributed by atoms with E-state index < -0.39 is 5.97 Å². The summed E-state index contributed by atoms with van der Waals surface area (Å²) in [5.74, 6) is 1.83. The number of carboxylic acid groups (broad SMARTS) is 1. The Morgan fingerprint density at radius 1 is 0.366 bits per heavy atom. The number of rotatable bonds is 62. The third-order valence-electron chi connectivity index (χ3n) is 14.7.